The normalized spacial score (nSPS) is 10.6. The van der Waals surface area contributed by atoms with Crippen molar-refractivity contribution in [2.24, 2.45) is 5.73 Å². The van der Waals surface area contributed by atoms with Gasteiger partial charge >= 0.3 is 0 Å². The van der Waals surface area contributed by atoms with Crippen molar-refractivity contribution in [3.05, 3.63) is 42.0 Å². The van der Waals surface area contributed by atoms with E-state index >= 15 is 0 Å². The zero-order valence-corrected chi connectivity index (χ0v) is 10.5. The molecule has 0 aliphatic rings. The molecule has 0 amide bonds. The maximum atomic E-state index is 5.66. The predicted octanol–water partition coefficient (Wildman–Crippen LogP) is 1.57. The fourth-order valence-electron chi connectivity index (χ4n) is 1.70. The van der Waals surface area contributed by atoms with Crippen LogP contribution >= 0.6 is 0 Å². The van der Waals surface area contributed by atoms with E-state index in [1.165, 1.54) is 0 Å². The summed E-state index contributed by atoms with van der Waals surface area (Å²) in [6.07, 6.45) is 6.37. The van der Waals surface area contributed by atoms with Crippen LogP contribution in [-0.2, 0) is 13.1 Å². The van der Waals surface area contributed by atoms with Crippen LogP contribution in [0.15, 0.2) is 30.7 Å². The first kappa shape index (κ1) is 12.6. The van der Waals surface area contributed by atoms with Crippen LogP contribution in [0.1, 0.15) is 24.6 Å². The third-order valence-electron chi connectivity index (χ3n) is 2.59. The number of rotatable bonds is 6. The van der Waals surface area contributed by atoms with Gasteiger partial charge in [0, 0.05) is 12.7 Å². The van der Waals surface area contributed by atoms with E-state index in [-0.39, 0.29) is 0 Å². The van der Waals surface area contributed by atoms with Gasteiger partial charge in [0.2, 0.25) is 0 Å². The first-order valence-electron chi connectivity index (χ1n) is 6.11. The lowest BCUT2D eigenvalue weighted by Gasteiger charge is -2.06. The highest BCUT2D eigenvalue weighted by molar-refractivity contribution is 5.21. The lowest BCUT2D eigenvalue weighted by molar-refractivity contribution is 0.317. The Kier molecular flexibility index (Phi) is 4.30. The molecule has 0 atom stereocenters. The minimum absolute atomic E-state index is 0.441. The first-order chi connectivity index (χ1) is 8.83. The number of hydrogen-bond donors (Lipinski definition) is 1. The Hall–Kier alpha value is -1.88. The van der Waals surface area contributed by atoms with E-state index in [1.807, 2.05) is 23.0 Å². The number of nitrogens with two attached hydrogens (primary N) is 1. The van der Waals surface area contributed by atoms with E-state index in [2.05, 4.69) is 17.0 Å². The van der Waals surface area contributed by atoms with Crippen LogP contribution in [0.25, 0.3) is 0 Å². The lowest BCUT2D eigenvalue weighted by atomic mass is 10.2. The summed E-state index contributed by atoms with van der Waals surface area (Å²) in [4.78, 5) is 4.25. The summed E-state index contributed by atoms with van der Waals surface area (Å²) < 4.78 is 7.34. The van der Waals surface area contributed by atoms with Gasteiger partial charge in [-0.1, -0.05) is 13.0 Å². The Morgan fingerprint density at radius 3 is 3.11 bits per heavy atom. The predicted molar refractivity (Wildman–Crippen MR) is 69.2 cm³/mol. The Morgan fingerprint density at radius 1 is 1.44 bits per heavy atom. The monoisotopic (exact) mass is 246 g/mol. The summed E-state index contributed by atoms with van der Waals surface area (Å²) in [5.74, 6) is 0.801. The molecule has 0 saturated heterocycles. The molecule has 0 aromatic carbocycles. The van der Waals surface area contributed by atoms with E-state index in [0.717, 1.165) is 23.4 Å². The minimum atomic E-state index is 0.441. The number of nitrogens with zero attached hydrogens (tertiary/aromatic N) is 3. The summed E-state index contributed by atoms with van der Waals surface area (Å²) in [6, 6.07) is 3.93. The van der Waals surface area contributed by atoms with Crippen molar-refractivity contribution in [2.45, 2.75) is 26.4 Å². The third-order valence-corrected chi connectivity index (χ3v) is 2.59. The quantitative estimate of drug-likeness (QED) is 0.840. The molecular weight excluding hydrogens is 228 g/mol. The third kappa shape index (κ3) is 3.07. The first-order valence-corrected chi connectivity index (χ1v) is 6.11. The average Bonchev–Trinajstić information content (AvgIpc) is 2.84. The van der Waals surface area contributed by atoms with Gasteiger partial charge < -0.3 is 10.5 Å². The van der Waals surface area contributed by atoms with Gasteiger partial charge in [0.05, 0.1) is 31.2 Å². The fourth-order valence-corrected chi connectivity index (χ4v) is 1.70. The number of aromatic nitrogens is 3. The number of ether oxygens (including phenoxy) is 1. The van der Waals surface area contributed by atoms with Crippen molar-refractivity contribution in [3.8, 4) is 5.75 Å². The van der Waals surface area contributed by atoms with Crippen molar-refractivity contribution < 1.29 is 4.74 Å². The molecule has 0 fully saturated rings. The topological polar surface area (TPSA) is 66.0 Å². The summed E-state index contributed by atoms with van der Waals surface area (Å²) in [6.45, 7) is 3.90. The Labute approximate surface area is 107 Å². The van der Waals surface area contributed by atoms with E-state index in [1.54, 1.807) is 12.4 Å². The highest BCUT2D eigenvalue weighted by Gasteiger charge is 2.04. The zero-order valence-electron chi connectivity index (χ0n) is 10.5. The summed E-state index contributed by atoms with van der Waals surface area (Å²) in [5.41, 5.74) is 7.65. The van der Waals surface area contributed by atoms with Crippen molar-refractivity contribution in [3.63, 3.8) is 0 Å². The molecule has 5 heteroatoms. The molecule has 2 rings (SSSR count). The Balaban J connectivity index is 2.06. The lowest BCUT2D eigenvalue weighted by Crippen LogP contribution is -2.08. The fraction of sp³-hybridized carbons (Fsp3) is 0.385. The summed E-state index contributed by atoms with van der Waals surface area (Å²) in [7, 11) is 0. The molecule has 0 radical (unpaired) electrons. The molecule has 96 valence electrons. The molecular formula is C13H18N4O. The standard InChI is InChI=1S/C13H18N4O/c1-2-6-18-12-8-16-17(10-12)9-11-4-3-5-15-13(11)7-14/h3-5,8,10H,2,6-7,9,14H2,1H3. The van der Waals surface area contributed by atoms with Gasteiger partial charge in [-0.05, 0) is 18.1 Å². The highest BCUT2D eigenvalue weighted by Crippen LogP contribution is 2.12. The summed E-state index contributed by atoms with van der Waals surface area (Å²) in [5, 5.41) is 4.26. The van der Waals surface area contributed by atoms with Crippen molar-refractivity contribution in [1.29, 1.82) is 0 Å². The number of pyridine rings is 1. The van der Waals surface area contributed by atoms with E-state index < -0.39 is 0 Å². The SMILES string of the molecule is CCCOc1cnn(Cc2cccnc2CN)c1. The van der Waals surface area contributed by atoms with Crippen molar-refractivity contribution in [1.82, 2.24) is 14.8 Å². The van der Waals surface area contributed by atoms with Crippen LogP contribution < -0.4 is 10.5 Å². The largest absolute Gasteiger partial charge is 0.490 e. The van der Waals surface area contributed by atoms with Crippen LogP contribution in [0.5, 0.6) is 5.75 Å². The Bertz CT molecular complexity index is 495. The van der Waals surface area contributed by atoms with Gasteiger partial charge in [-0.25, -0.2) is 0 Å². The maximum absolute atomic E-state index is 5.66. The number of hydrogen-bond acceptors (Lipinski definition) is 4. The second-order valence-electron chi connectivity index (χ2n) is 4.04. The maximum Gasteiger partial charge on any atom is 0.157 e. The highest BCUT2D eigenvalue weighted by atomic mass is 16.5. The van der Waals surface area contributed by atoms with Gasteiger partial charge in [0.25, 0.3) is 0 Å². The van der Waals surface area contributed by atoms with Gasteiger partial charge in [-0.2, -0.15) is 5.10 Å². The molecule has 0 saturated carbocycles. The van der Waals surface area contributed by atoms with Crippen LogP contribution in [0.4, 0.5) is 0 Å². The van der Waals surface area contributed by atoms with E-state index in [9.17, 15) is 0 Å². The van der Waals surface area contributed by atoms with Crippen molar-refractivity contribution in [2.75, 3.05) is 6.61 Å². The van der Waals surface area contributed by atoms with Gasteiger partial charge in [0.1, 0.15) is 0 Å². The molecule has 18 heavy (non-hydrogen) atoms. The molecule has 2 aromatic heterocycles. The smallest absolute Gasteiger partial charge is 0.157 e. The van der Waals surface area contributed by atoms with Gasteiger partial charge in [0.15, 0.2) is 5.75 Å². The second-order valence-corrected chi connectivity index (χ2v) is 4.04. The zero-order chi connectivity index (χ0) is 12.8. The molecule has 2 aromatic rings. The van der Waals surface area contributed by atoms with Crippen LogP contribution in [-0.4, -0.2) is 21.4 Å². The average molecular weight is 246 g/mol. The molecule has 5 nitrogen and oxygen atoms in total. The molecule has 0 aliphatic heterocycles. The van der Waals surface area contributed by atoms with E-state index in [0.29, 0.717) is 19.7 Å². The van der Waals surface area contributed by atoms with Crippen molar-refractivity contribution >= 4 is 0 Å². The molecule has 2 heterocycles. The van der Waals surface area contributed by atoms with E-state index in [4.69, 9.17) is 10.5 Å². The molecule has 0 unspecified atom stereocenters. The van der Waals surface area contributed by atoms with Crippen LogP contribution in [0.2, 0.25) is 0 Å². The second kappa shape index (κ2) is 6.16. The molecule has 0 bridgehead atoms. The van der Waals surface area contributed by atoms with Crippen LogP contribution in [0.3, 0.4) is 0 Å². The van der Waals surface area contributed by atoms with Gasteiger partial charge in [-0.15, -0.1) is 0 Å². The molecule has 0 spiro atoms. The Morgan fingerprint density at radius 2 is 2.33 bits per heavy atom. The molecule has 2 N–H and O–H groups in total. The van der Waals surface area contributed by atoms with Gasteiger partial charge in [-0.3, -0.25) is 9.67 Å². The molecule has 0 aliphatic carbocycles. The minimum Gasteiger partial charge on any atom is -0.490 e. The van der Waals surface area contributed by atoms with Crippen LogP contribution in [0, 0.1) is 0 Å². The summed E-state index contributed by atoms with van der Waals surface area (Å²) >= 11 is 0.